The van der Waals surface area contributed by atoms with E-state index < -0.39 is 16.1 Å². The van der Waals surface area contributed by atoms with Crippen molar-refractivity contribution in [3.63, 3.8) is 0 Å². The lowest BCUT2D eigenvalue weighted by Crippen LogP contribution is -2.27. The molecular formula is C10H24O5Si. The normalized spacial score (nSPS) is 12.4. The summed E-state index contributed by atoms with van der Waals surface area (Å²) in [5, 5.41) is 17.2. The van der Waals surface area contributed by atoms with E-state index >= 15 is 0 Å². The molecule has 0 bridgehead atoms. The average molecular weight is 252 g/mol. The van der Waals surface area contributed by atoms with Crippen LogP contribution in [0.1, 0.15) is 13.8 Å². The Kier molecular flexibility index (Phi) is 11.5. The third-order valence-electron chi connectivity index (χ3n) is 1.88. The standard InChI is InChI=1S/C10H24O5Si/c1-9(2)8-16-15-7-10(13-5-3-11)14-6-4-12/h9-12H,3-8,16H2,1-2H3. The molecule has 0 aliphatic heterocycles. The van der Waals surface area contributed by atoms with Gasteiger partial charge < -0.3 is 24.1 Å². The molecule has 16 heavy (non-hydrogen) atoms. The lowest BCUT2D eigenvalue weighted by molar-refractivity contribution is -0.166. The van der Waals surface area contributed by atoms with Gasteiger partial charge in [0.05, 0.1) is 33.0 Å². The second kappa shape index (κ2) is 11.5. The zero-order valence-corrected chi connectivity index (χ0v) is 11.6. The molecule has 0 fully saturated rings. The summed E-state index contributed by atoms with van der Waals surface area (Å²) in [6.07, 6.45) is -0.473. The van der Waals surface area contributed by atoms with E-state index in [-0.39, 0.29) is 26.4 Å². The lowest BCUT2D eigenvalue weighted by Gasteiger charge is -2.18. The number of aliphatic hydroxyl groups is 2. The van der Waals surface area contributed by atoms with Crippen LogP contribution < -0.4 is 0 Å². The molecule has 2 N–H and O–H groups in total. The van der Waals surface area contributed by atoms with Crippen molar-refractivity contribution in [3.05, 3.63) is 0 Å². The van der Waals surface area contributed by atoms with E-state index in [9.17, 15) is 0 Å². The van der Waals surface area contributed by atoms with Crippen molar-refractivity contribution in [2.24, 2.45) is 5.92 Å². The Morgan fingerprint density at radius 2 is 1.62 bits per heavy atom. The summed E-state index contributed by atoms with van der Waals surface area (Å²) in [5.41, 5.74) is 0. The van der Waals surface area contributed by atoms with Crippen molar-refractivity contribution >= 4 is 9.76 Å². The first-order valence-corrected chi connectivity index (χ1v) is 7.31. The molecule has 0 rings (SSSR count). The van der Waals surface area contributed by atoms with Gasteiger partial charge in [0.2, 0.25) is 0 Å². The molecule has 6 heteroatoms. The quantitative estimate of drug-likeness (QED) is 0.295. The van der Waals surface area contributed by atoms with Crippen LogP contribution in [-0.2, 0) is 13.9 Å². The summed E-state index contributed by atoms with van der Waals surface area (Å²) in [6, 6.07) is 1.13. The molecule has 0 aromatic carbocycles. The van der Waals surface area contributed by atoms with Gasteiger partial charge in [-0.05, 0) is 12.0 Å². The van der Waals surface area contributed by atoms with Crippen LogP contribution in [0.25, 0.3) is 0 Å². The molecular weight excluding hydrogens is 228 g/mol. The molecule has 0 aliphatic rings. The fraction of sp³-hybridized carbons (Fsp3) is 1.00. The molecule has 0 heterocycles. The summed E-state index contributed by atoms with van der Waals surface area (Å²) < 4.78 is 16.0. The first kappa shape index (κ1) is 16.0. The highest BCUT2D eigenvalue weighted by molar-refractivity contribution is 6.27. The molecule has 0 spiro atoms. The van der Waals surface area contributed by atoms with Crippen molar-refractivity contribution in [3.8, 4) is 0 Å². The number of rotatable bonds is 11. The molecule has 0 atom stereocenters. The van der Waals surface area contributed by atoms with Gasteiger partial charge in [0, 0.05) is 0 Å². The topological polar surface area (TPSA) is 68.2 Å². The van der Waals surface area contributed by atoms with Crippen LogP contribution in [0.15, 0.2) is 0 Å². The highest BCUT2D eigenvalue weighted by atomic mass is 28.2. The second-order valence-electron chi connectivity index (χ2n) is 3.88. The summed E-state index contributed by atoms with van der Waals surface area (Å²) in [7, 11) is -0.510. The first-order valence-electron chi connectivity index (χ1n) is 5.73. The van der Waals surface area contributed by atoms with E-state index in [1.54, 1.807) is 0 Å². The fourth-order valence-electron chi connectivity index (χ4n) is 1.01. The maximum atomic E-state index is 8.62. The highest BCUT2D eigenvalue weighted by Crippen LogP contribution is 2.01. The molecule has 5 nitrogen and oxygen atoms in total. The van der Waals surface area contributed by atoms with Crippen molar-refractivity contribution < 1.29 is 24.1 Å². The molecule has 0 unspecified atom stereocenters. The monoisotopic (exact) mass is 252 g/mol. The summed E-state index contributed by atoms with van der Waals surface area (Å²) in [4.78, 5) is 0. The Balaban J connectivity index is 3.56. The van der Waals surface area contributed by atoms with Gasteiger partial charge in [0.25, 0.3) is 0 Å². The minimum absolute atomic E-state index is 0.0393. The Morgan fingerprint density at radius 3 is 2.06 bits per heavy atom. The van der Waals surface area contributed by atoms with Crippen LogP contribution in [-0.4, -0.2) is 59.3 Å². The van der Waals surface area contributed by atoms with E-state index in [1.165, 1.54) is 0 Å². The molecule has 98 valence electrons. The minimum Gasteiger partial charge on any atom is -0.419 e. The highest BCUT2D eigenvalue weighted by Gasteiger charge is 2.09. The van der Waals surface area contributed by atoms with Crippen LogP contribution in [0, 0.1) is 5.92 Å². The van der Waals surface area contributed by atoms with Gasteiger partial charge in [-0.15, -0.1) is 0 Å². The van der Waals surface area contributed by atoms with E-state index in [0.29, 0.717) is 12.5 Å². The van der Waals surface area contributed by atoms with Crippen molar-refractivity contribution in [2.75, 3.05) is 33.0 Å². The molecule has 0 aromatic rings. The van der Waals surface area contributed by atoms with Gasteiger partial charge in [0.1, 0.15) is 0 Å². The Morgan fingerprint density at radius 1 is 1.06 bits per heavy atom. The largest absolute Gasteiger partial charge is 0.419 e. The van der Waals surface area contributed by atoms with Crippen LogP contribution in [0.5, 0.6) is 0 Å². The van der Waals surface area contributed by atoms with Gasteiger partial charge in [-0.25, -0.2) is 0 Å². The van der Waals surface area contributed by atoms with Crippen LogP contribution in [0.3, 0.4) is 0 Å². The zero-order valence-electron chi connectivity index (χ0n) is 10.2. The molecule has 0 saturated heterocycles. The number of hydrogen-bond donors (Lipinski definition) is 2. The average Bonchev–Trinajstić information content (AvgIpc) is 2.26. The van der Waals surface area contributed by atoms with E-state index in [1.807, 2.05) is 0 Å². The maximum Gasteiger partial charge on any atom is 0.179 e. The summed E-state index contributed by atoms with van der Waals surface area (Å²) >= 11 is 0. The maximum absolute atomic E-state index is 8.62. The third-order valence-corrected chi connectivity index (χ3v) is 3.80. The van der Waals surface area contributed by atoms with Gasteiger partial charge in [-0.1, -0.05) is 13.8 Å². The molecule has 0 aromatic heterocycles. The number of hydrogen-bond acceptors (Lipinski definition) is 5. The molecule has 0 radical (unpaired) electrons. The van der Waals surface area contributed by atoms with Gasteiger partial charge in [-0.2, -0.15) is 0 Å². The predicted molar refractivity (Wildman–Crippen MR) is 64.0 cm³/mol. The minimum atomic E-state index is -0.510. The van der Waals surface area contributed by atoms with Gasteiger partial charge in [-0.3, -0.25) is 0 Å². The number of aliphatic hydroxyl groups excluding tert-OH is 2. The summed E-state index contributed by atoms with van der Waals surface area (Å²) in [6.45, 7) is 5.09. The van der Waals surface area contributed by atoms with Crippen molar-refractivity contribution in [1.82, 2.24) is 0 Å². The second-order valence-corrected chi connectivity index (χ2v) is 5.27. The van der Waals surface area contributed by atoms with Crippen molar-refractivity contribution in [2.45, 2.75) is 26.2 Å². The lowest BCUT2D eigenvalue weighted by atomic mass is 10.3. The third kappa shape index (κ3) is 10.5. The SMILES string of the molecule is CC(C)C[SiH2]OCC(OCCO)OCCO. The molecule has 0 saturated carbocycles. The van der Waals surface area contributed by atoms with E-state index in [4.69, 9.17) is 24.1 Å². The van der Waals surface area contributed by atoms with Crippen LogP contribution in [0.2, 0.25) is 6.04 Å². The van der Waals surface area contributed by atoms with Crippen LogP contribution in [0.4, 0.5) is 0 Å². The summed E-state index contributed by atoms with van der Waals surface area (Å²) in [5.74, 6) is 0.668. The van der Waals surface area contributed by atoms with Gasteiger partial charge in [0.15, 0.2) is 16.1 Å². The molecule has 0 aliphatic carbocycles. The fourth-order valence-corrected chi connectivity index (χ4v) is 2.01. The van der Waals surface area contributed by atoms with Crippen molar-refractivity contribution in [1.29, 1.82) is 0 Å². The smallest absolute Gasteiger partial charge is 0.179 e. The molecule has 0 amide bonds. The Bertz CT molecular complexity index is 137. The first-order chi connectivity index (χ1) is 7.70. The predicted octanol–water partition coefficient (Wildman–Crippen LogP) is -0.495. The van der Waals surface area contributed by atoms with E-state index in [0.717, 1.165) is 6.04 Å². The van der Waals surface area contributed by atoms with Gasteiger partial charge >= 0.3 is 0 Å². The Labute approximate surface area is 99.7 Å². The van der Waals surface area contributed by atoms with E-state index in [2.05, 4.69) is 13.8 Å². The number of ether oxygens (including phenoxy) is 2. The zero-order chi connectivity index (χ0) is 12.2. The van der Waals surface area contributed by atoms with Crippen LogP contribution >= 0.6 is 0 Å². The Hall–Kier alpha value is 0.0169.